The number of halogens is 1. The minimum Gasteiger partial charge on any atom is -0.326 e. The summed E-state index contributed by atoms with van der Waals surface area (Å²) in [7, 11) is -3.87. The van der Waals surface area contributed by atoms with Crippen LogP contribution in [0.5, 0.6) is 0 Å². The van der Waals surface area contributed by atoms with Crippen molar-refractivity contribution in [1.29, 1.82) is 0 Å². The molecule has 0 heterocycles. The van der Waals surface area contributed by atoms with E-state index in [0.717, 1.165) is 0 Å². The lowest BCUT2D eigenvalue weighted by Gasteiger charge is -2.23. The van der Waals surface area contributed by atoms with Gasteiger partial charge in [-0.2, -0.15) is 0 Å². The van der Waals surface area contributed by atoms with Gasteiger partial charge in [-0.05, 0) is 43.2 Å². The molecule has 2 aromatic carbocycles. The Morgan fingerprint density at radius 2 is 1.81 bits per heavy atom. The first-order valence-electron chi connectivity index (χ1n) is 8.43. The van der Waals surface area contributed by atoms with Gasteiger partial charge in [-0.3, -0.25) is 9.10 Å². The second-order valence-corrected chi connectivity index (χ2v) is 8.53. The van der Waals surface area contributed by atoms with Gasteiger partial charge < -0.3 is 5.32 Å². The van der Waals surface area contributed by atoms with Gasteiger partial charge in [0.2, 0.25) is 5.91 Å². The van der Waals surface area contributed by atoms with Crippen LogP contribution in [0.25, 0.3) is 0 Å². The van der Waals surface area contributed by atoms with E-state index in [1.54, 1.807) is 37.3 Å². The molecule has 0 atom stereocenters. The lowest BCUT2D eigenvalue weighted by Crippen LogP contribution is -2.31. The predicted molar refractivity (Wildman–Crippen MR) is 106 cm³/mol. The highest BCUT2D eigenvalue weighted by Crippen LogP contribution is 2.30. The summed E-state index contributed by atoms with van der Waals surface area (Å²) in [4.78, 5) is 11.9. The number of sulfonamides is 1. The fourth-order valence-electron chi connectivity index (χ4n) is 2.57. The van der Waals surface area contributed by atoms with Crippen LogP contribution < -0.4 is 9.62 Å². The summed E-state index contributed by atoms with van der Waals surface area (Å²) in [5.74, 6) is 0.0419. The summed E-state index contributed by atoms with van der Waals surface area (Å²) >= 11 is 6.17. The number of carbonyl (C=O) groups is 1. The maximum Gasteiger partial charge on any atom is 0.265 e. The first kappa shape index (κ1) is 20.3. The normalized spacial score (nSPS) is 11.4. The van der Waals surface area contributed by atoms with E-state index in [-0.39, 0.29) is 28.3 Å². The van der Waals surface area contributed by atoms with Crippen molar-refractivity contribution in [2.24, 2.45) is 5.92 Å². The van der Waals surface area contributed by atoms with Crippen molar-refractivity contribution in [3.63, 3.8) is 0 Å². The fourth-order valence-corrected chi connectivity index (χ4v) is 4.54. The highest BCUT2D eigenvalue weighted by molar-refractivity contribution is 7.93. The molecule has 7 heteroatoms. The average molecular weight is 395 g/mol. The molecular formula is C19H23ClN2O3S. The lowest BCUT2D eigenvalue weighted by molar-refractivity contribution is -0.116. The summed E-state index contributed by atoms with van der Waals surface area (Å²) in [5, 5.41) is 2.84. The van der Waals surface area contributed by atoms with Gasteiger partial charge in [-0.1, -0.05) is 43.6 Å². The molecular weight excluding hydrogens is 372 g/mol. The van der Waals surface area contributed by atoms with E-state index in [1.807, 2.05) is 19.9 Å². The summed E-state index contributed by atoms with van der Waals surface area (Å²) in [6, 6.07) is 13.3. The average Bonchev–Trinajstić information content (AvgIpc) is 2.57. The molecule has 0 unspecified atom stereocenters. The molecule has 0 radical (unpaired) electrons. The molecule has 0 spiro atoms. The Hall–Kier alpha value is -2.05. The molecule has 140 valence electrons. The van der Waals surface area contributed by atoms with Crippen LogP contribution in [0.2, 0.25) is 5.02 Å². The number of nitrogens with zero attached hydrogens (tertiary/aromatic N) is 1. The minimum atomic E-state index is -3.87. The fraction of sp³-hybridized carbons (Fsp3) is 0.316. The van der Waals surface area contributed by atoms with Crippen LogP contribution in [0.15, 0.2) is 53.4 Å². The topological polar surface area (TPSA) is 66.5 Å². The third-order valence-electron chi connectivity index (χ3n) is 3.71. The van der Waals surface area contributed by atoms with Crippen molar-refractivity contribution in [3.8, 4) is 0 Å². The van der Waals surface area contributed by atoms with Crippen LogP contribution in [-0.4, -0.2) is 20.9 Å². The molecule has 0 fully saturated rings. The number of hydrogen-bond acceptors (Lipinski definition) is 3. The SMILES string of the molecule is CCN(c1ccccc1)S(=O)(=O)c1cc(NC(=O)CC(C)C)ccc1Cl. The molecule has 0 bridgehead atoms. The molecule has 1 amide bonds. The Labute approximate surface area is 160 Å². The third kappa shape index (κ3) is 4.77. The van der Waals surface area contributed by atoms with E-state index >= 15 is 0 Å². The second-order valence-electron chi connectivity index (χ2n) is 6.30. The third-order valence-corrected chi connectivity index (χ3v) is 6.09. The predicted octanol–water partition coefficient (Wildman–Crippen LogP) is 4.54. The van der Waals surface area contributed by atoms with Gasteiger partial charge in [0.1, 0.15) is 4.90 Å². The van der Waals surface area contributed by atoms with Gasteiger partial charge in [-0.25, -0.2) is 8.42 Å². The monoisotopic (exact) mass is 394 g/mol. The number of hydrogen-bond donors (Lipinski definition) is 1. The van der Waals surface area contributed by atoms with E-state index in [9.17, 15) is 13.2 Å². The zero-order chi connectivity index (χ0) is 19.3. The van der Waals surface area contributed by atoms with Gasteiger partial charge in [0, 0.05) is 18.7 Å². The Balaban J connectivity index is 2.39. The molecule has 0 saturated heterocycles. The zero-order valence-electron chi connectivity index (χ0n) is 15.1. The van der Waals surface area contributed by atoms with Gasteiger partial charge in [-0.15, -0.1) is 0 Å². The number of amides is 1. The number of anilines is 2. The van der Waals surface area contributed by atoms with Crippen molar-refractivity contribution in [1.82, 2.24) is 0 Å². The lowest BCUT2D eigenvalue weighted by atomic mass is 10.1. The quantitative estimate of drug-likeness (QED) is 0.749. The second kappa shape index (κ2) is 8.56. The molecule has 2 rings (SSSR count). The maximum atomic E-state index is 13.1. The number of para-hydroxylation sites is 1. The van der Waals surface area contributed by atoms with Crippen LogP contribution in [0.4, 0.5) is 11.4 Å². The summed E-state index contributed by atoms with van der Waals surface area (Å²) in [6.07, 6.45) is 0.357. The smallest absolute Gasteiger partial charge is 0.265 e. The first-order valence-corrected chi connectivity index (χ1v) is 10.2. The number of rotatable bonds is 7. The molecule has 0 aromatic heterocycles. The van der Waals surface area contributed by atoms with Crippen molar-refractivity contribution in [3.05, 3.63) is 53.6 Å². The molecule has 0 aliphatic heterocycles. The highest BCUT2D eigenvalue weighted by atomic mass is 35.5. The zero-order valence-corrected chi connectivity index (χ0v) is 16.6. The molecule has 0 aliphatic carbocycles. The van der Waals surface area contributed by atoms with E-state index in [1.165, 1.54) is 16.4 Å². The van der Waals surface area contributed by atoms with Gasteiger partial charge >= 0.3 is 0 Å². The van der Waals surface area contributed by atoms with E-state index < -0.39 is 10.0 Å². The van der Waals surface area contributed by atoms with Gasteiger partial charge in [0.05, 0.1) is 10.7 Å². The molecule has 26 heavy (non-hydrogen) atoms. The molecule has 0 aliphatic rings. The minimum absolute atomic E-state index is 0.0350. The number of carbonyl (C=O) groups excluding carboxylic acids is 1. The van der Waals surface area contributed by atoms with Crippen LogP contribution in [0.3, 0.4) is 0 Å². The first-order chi connectivity index (χ1) is 12.3. The molecule has 5 nitrogen and oxygen atoms in total. The van der Waals surface area contributed by atoms with Crippen LogP contribution in [0.1, 0.15) is 27.2 Å². The van der Waals surface area contributed by atoms with Crippen LogP contribution in [0, 0.1) is 5.92 Å². The number of nitrogens with one attached hydrogen (secondary N) is 1. The molecule has 0 saturated carbocycles. The largest absolute Gasteiger partial charge is 0.326 e. The van der Waals surface area contributed by atoms with E-state index in [2.05, 4.69) is 5.32 Å². The van der Waals surface area contributed by atoms with Crippen molar-refractivity contribution in [2.75, 3.05) is 16.2 Å². The van der Waals surface area contributed by atoms with Crippen LogP contribution in [-0.2, 0) is 14.8 Å². The number of benzene rings is 2. The van der Waals surface area contributed by atoms with Gasteiger partial charge in [0.15, 0.2) is 0 Å². The van der Waals surface area contributed by atoms with E-state index in [0.29, 0.717) is 17.8 Å². The Kier molecular flexibility index (Phi) is 6.67. The summed E-state index contributed by atoms with van der Waals surface area (Å²) < 4.78 is 27.5. The van der Waals surface area contributed by atoms with Crippen molar-refractivity contribution >= 4 is 38.9 Å². The highest BCUT2D eigenvalue weighted by Gasteiger charge is 2.26. The van der Waals surface area contributed by atoms with Gasteiger partial charge in [0.25, 0.3) is 10.0 Å². The van der Waals surface area contributed by atoms with Crippen molar-refractivity contribution in [2.45, 2.75) is 32.1 Å². The van der Waals surface area contributed by atoms with Crippen LogP contribution >= 0.6 is 11.6 Å². The standard InChI is InChI=1S/C19H23ClN2O3S/c1-4-22(16-8-6-5-7-9-16)26(24,25)18-13-15(10-11-17(18)20)21-19(23)12-14(2)3/h5-11,13-14H,4,12H2,1-3H3,(H,21,23). The summed E-state index contributed by atoms with van der Waals surface area (Å²) in [5.41, 5.74) is 0.961. The maximum absolute atomic E-state index is 13.1. The molecule has 2 aromatic rings. The molecule has 1 N–H and O–H groups in total. The van der Waals surface area contributed by atoms with Crippen molar-refractivity contribution < 1.29 is 13.2 Å². The van der Waals surface area contributed by atoms with E-state index in [4.69, 9.17) is 11.6 Å². The Morgan fingerprint density at radius 3 is 2.38 bits per heavy atom. The Bertz CT molecular complexity index is 868. The summed E-state index contributed by atoms with van der Waals surface area (Å²) in [6.45, 7) is 5.89. The Morgan fingerprint density at radius 1 is 1.15 bits per heavy atom.